The van der Waals surface area contributed by atoms with E-state index >= 15 is 0 Å². The molecule has 2 N–H and O–H groups in total. The molecule has 1 aliphatic heterocycles. The van der Waals surface area contributed by atoms with Gasteiger partial charge in [-0.2, -0.15) is 0 Å². The van der Waals surface area contributed by atoms with E-state index in [0.29, 0.717) is 5.56 Å². The van der Waals surface area contributed by atoms with Gasteiger partial charge in [-0.1, -0.05) is 6.92 Å². The van der Waals surface area contributed by atoms with E-state index in [1.807, 2.05) is 0 Å². The molecule has 1 heterocycles. The minimum absolute atomic E-state index is 0.0874. The summed E-state index contributed by atoms with van der Waals surface area (Å²) in [5, 5.41) is 12.2. The summed E-state index contributed by atoms with van der Waals surface area (Å²) >= 11 is 0. The van der Waals surface area contributed by atoms with Crippen molar-refractivity contribution in [3.63, 3.8) is 0 Å². The van der Waals surface area contributed by atoms with Gasteiger partial charge in [-0.05, 0) is 38.1 Å². The molecule has 0 spiro atoms. The van der Waals surface area contributed by atoms with Gasteiger partial charge in [0, 0.05) is 12.1 Å². The molecule has 2 rings (SSSR count). The zero-order chi connectivity index (χ0) is 17.4. The zero-order valence-electron chi connectivity index (χ0n) is 13.2. The number of aliphatic hydroxyl groups is 1. The van der Waals surface area contributed by atoms with Gasteiger partial charge in [0.05, 0.1) is 23.0 Å². The highest BCUT2D eigenvalue weighted by molar-refractivity contribution is 7.94. The Balaban J connectivity index is 2.17. The van der Waals surface area contributed by atoms with Crippen LogP contribution < -0.4 is 9.62 Å². The molecular weight excluding hydrogens is 320 g/mol. The van der Waals surface area contributed by atoms with Crippen LogP contribution in [-0.2, 0) is 14.8 Å². The Kier molecular flexibility index (Phi) is 4.50. The number of hydrogen-bond acceptors (Lipinski definition) is 5. The lowest BCUT2D eigenvalue weighted by Crippen LogP contribution is -2.38. The van der Waals surface area contributed by atoms with Crippen LogP contribution in [0.25, 0.3) is 0 Å². The normalized spacial score (nSPS) is 20.6. The Bertz CT molecular complexity index is 719. The molecule has 1 aromatic rings. The van der Waals surface area contributed by atoms with Crippen LogP contribution in [0.15, 0.2) is 24.3 Å². The third-order valence-corrected chi connectivity index (χ3v) is 5.27. The van der Waals surface area contributed by atoms with E-state index in [1.54, 1.807) is 20.8 Å². The van der Waals surface area contributed by atoms with E-state index in [9.17, 15) is 23.1 Å². The number of sulfonamides is 1. The van der Waals surface area contributed by atoms with Crippen molar-refractivity contribution in [2.24, 2.45) is 5.92 Å². The van der Waals surface area contributed by atoms with Crippen LogP contribution in [0.4, 0.5) is 5.69 Å². The number of nitrogens with zero attached hydrogens (tertiary/aromatic N) is 1. The number of hydrogen-bond donors (Lipinski definition) is 2. The second-order valence-corrected chi connectivity index (χ2v) is 8.19. The molecule has 0 radical (unpaired) electrons. The van der Waals surface area contributed by atoms with Crippen molar-refractivity contribution in [3.8, 4) is 0 Å². The molecule has 1 fully saturated rings. The number of nitrogens with one attached hydrogen (secondary N) is 1. The Hall–Kier alpha value is -1.93. The van der Waals surface area contributed by atoms with E-state index in [4.69, 9.17) is 0 Å². The van der Waals surface area contributed by atoms with Crippen molar-refractivity contribution in [2.75, 3.05) is 16.6 Å². The number of anilines is 1. The van der Waals surface area contributed by atoms with Crippen LogP contribution in [0.3, 0.4) is 0 Å². The van der Waals surface area contributed by atoms with Crippen molar-refractivity contribution in [2.45, 2.75) is 26.4 Å². The molecule has 23 heavy (non-hydrogen) atoms. The summed E-state index contributed by atoms with van der Waals surface area (Å²) < 4.78 is 24.8. The summed E-state index contributed by atoms with van der Waals surface area (Å²) in [6, 6.07) is 5.74. The molecule has 126 valence electrons. The van der Waals surface area contributed by atoms with Gasteiger partial charge in [-0.3, -0.25) is 9.59 Å². The number of carbonyl (C=O) groups excluding carboxylic acids is 2. The summed E-state index contributed by atoms with van der Waals surface area (Å²) in [7, 11) is -3.65. The van der Waals surface area contributed by atoms with Gasteiger partial charge in [-0.25, -0.2) is 12.7 Å². The first kappa shape index (κ1) is 17.4. The first-order valence-electron chi connectivity index (χ1n) is 7.19. The predicted octanol–water partition coefficient (Wildman–Crippen LogP) is 0.500. The molecule has 0 aliphatic carbocycles. The van der Waals surface area contributed by atoms with Crippen molar-refractivity contribution in [1.29, 1.82) is 0 Å². The first-order valence-corrected chi connectivity index (χ1v) is 8.80. The SMILES string of the molecule is CC1CS(=O)(=O)N(c2ccc(C(=O)NCC(C)(C)O)cc2)C1=O. The number of benzene rings is 1. The van der Waals surface area contributed by atoms with Crippen LogP contribution in [0.1, 0.15) is 31.1 Å². The Morgan fingerprint density at radius 2 is 1.91 bits per heavy atom. The third-order valence-electron chi connectivity index (χ3n) is 3.41. The first-order chi connectivity index (χ1) is 10.5. The Labute approximate surface area is 135 Å². The highest BCUT2D eigenvalue weighted by atomic mass is 32.2. The second-order valence-electron chi connectivity index (χ2n) is 6.32. The maximum absolute atomic E-state index is 12.0. The highest BCUT2D eigenvalue weighted by Gasteiger charge is 2.41. The lowest BCUT2D eigenvalue weighted by atomic mass is 10.1. The second kappa shape index (κ2) is 5.93. The predicted molar refractivity (Wildman–Crippen MR) is 85.5 cm³/mol. The fraction of sp³-hybridized carbons (Fsp3) is 0.467. The van der Waals surface area contributed by atoms with E-state index in [2.05, 4.69) is 5.32 Å². The minimum Gasteiger partial charge on any atom is -0.389 e. The fourth-order valence-electron chi connectivity index (χ4n) is 2.23. The average molecular weight is 340 g/mol. The molecule has 1 unspecified atom stereocenters. The molecular formula is C15H20N2O5S. The molecule has 7 nitrogen and oxygen atoms in total. The number of amides is 2. The van der Waals surface area contributed by atoms with E-state index < -0.39 is 27.4 Å². The van der Waals surface area contributed by atoms with E-state index in [0.717, 1.165) is 4.31 Å². The maximum Gasteiger partial charge on any atom is 0.251 e. The Morgan fingerprint density at radius 1 is 1.35 bits per heavy atom. The molecule has 0 saturated carbocycles. The van der Waals surface area contributed by atoms with Crippen LogP contribution >= 0.6 is 0 Å². The van der Waals surface area contributed by atoms with Gasteiger partial charge in [0.25, 0.3) is 5.91 Å². The summed E-state index contributed by atoms with van der Waals surface area (Å²) in [5.74, 6) is -1.64. The van der Waals surface area contributed by atoms with Gasteiger partial charge in [0.1, 0.15) is 0 Å². The van der Waals surface area contributed by atoms with Crippen LogP contribution in [0.2, 0.25) is 0 Å². The van der Waals surface area contributed by atoms with Crippen LogP contribution in [0.5, 0.6) is 0 Å². The summed E-state index contributed by atoms with van der Waals surface area (Å²) in [6.07, 6.45) is 0. The molecule has 2 amide bonds. The van der Waals surface area contributed by atoms with Crippen molar-refractivity contribution < 1.29 is 23.1 Å². The highest BCUT2D eigenvalue weighted by Crippen LogP contribution is 2.28. The topological polar surface area (TPSA) is 104 Å². The maximum atomic E-state index is 12.0. The molecule has 0 aromatic heterocycles. The summed E-state index contributed by atoms with van der Waals surface area (Å²) in [5.41, 5.74) is -0.490. The summed E-state index contributed by atoms with van der Waals surface area (Å²) in [4.78, 5) is 23.9. The molecule has 1 aliphatic rings. The lowest BCUT2D eigenvalue weighted by Gasteiger charge is -2.18. The number of rotatable bonds is 4. The molecule has 1 aromatic carbocycles. The van der Waals surface area contributed by atoms with Gasteiger partial charge < -0.3 is 10.4 Å². The lowest BCUT2D eigenvalue weighted by molar-refractivity contribution is -0.119. The molecule has 8 heteroatoms. The molecule has 1 saturated heterocycles. The zero-order valence-corrected chi connectivity index (χ0v) is 14.1. The van der Waals surface area contributed by atoms with Crippen molar-refractivity contribution in [1.82, 2.24) is 5.32 Å². The third kappa shape index (κ3) is 3.89. The smallest absolute Gasteiger partial charge is 0.251 e. The van der Waals surface area contributed by atoms with Gasteiger partial charge in [0.15, 0.2) is 0 Å². The van der Waals surface area contributed by atoms with Gasteiger partial charge in [-0.15, -0.1) is 0 Å². The van der Waals surface area contributed by atoms with Crippen molar-refractivity contribution in [3.05, 3.63) is 29.8 Å². The average Bonchev–Trinajstić information content (AvgIpc) is 2.64. The minimum atomic E-state index is -3.65. The van der Waals surface area contributed by atoms with Crippen LogP contribution in [0, 0.1) is 5.92 Å². The monoisotopic (exact) mass is 340 g/mol. The standard InChI is InChI=1S/C15H20N2O5S/c1-10-8-23(21,22)17(14(10)19)12-6-4-11(5-7-12)13(18)16-9-15(2,3)20/h4-7,10,20H,8-9H2,1-3H3,(H,16,18). The summed E-state index contributed by atoms with van der Waals surface area (Å²) in [6.45, 7) is 4.80. The van der Waals surface area contributed by atoms with Gasteiger partial charge in [0.2, 0.25) is 15.9 Å². The fourth-order valence-corrected chi connectivity index (χ4v) is 4.05. The Morgan fingerprint density at radius 3 is 2.35 bits per heavy atom. The molecule has 1 atom stereocenters. The largest absolute Gasteiger partial charge is 0.389 e. The van der Waals surface area contributed by atoms with Crippen molar-refractivity contribution >= 4 is 27.5 Å². The van der Waals surface area contributed by atoms with Crippen LogP contribution in [-0.4, -0.2) is 43.2 Å². The van der Waals surface area contributed by atoms with E-state index in [-0.39, 0.29) is 23.9 Å². The number of carbonyl (C=O) groups is 2. The van der Waals surface area contributed by atoms with Gasteiger partial charge >= 0.3 is 0 Å². The molecule has 0 bridgehead atoms. The quantitative estimate of drug-likeness (QED) is 0.831. The van der Waals surface area contributed by atoms with E-state index in [1.165, 1.54) is 24.3 Å².